The van der Waals surface area contributed by atoms with E-state index in [1.54, 1.807) is 19.2 Å². The van der Waals surface area contributed by atoms with Gasteiger partial charge in [-0.25, -0.2) is 0 Å². The van der Waals surface area contributed by atoms with Gasteiger partial charge in [0.15, 0.2) is 0 Å². The third kappa shape index (κ3) is 2.28. The van der Waals surface area contributed by atoms with Gasteiger partial charge in [0.05, 0.1) is 6.10 Å². The van der Waals surface area contributed by atoms with E-state index in [-0.39, 0.29) is 11.9 Å². The monoisotopic (exact) mass is 181 g/mol. The molecule has 0 unspecified atom stereocenters. The van der Waals surface area contributed by atoms with E-state index in [0.717, 1.165) is 0 Å². The molecule has 0 radical (unpaired) electrons. The van der Waals surface area contributed by atoms with Gasteiger partial charge < -0.3 is 15.2 Å². The van der Waals surface area contributed by atoms with E-state index in [1.165, 1.54) is 0 Å². The Hall–Kier alpha value is -1.38. The van der Waals surface area contributed by atoms with E-state index in [0.29, 0.717) is 11.4 Å². The number of ether oxygens (including phenoxy) is 1. The van der Waals surface area contributed by atoms with Crippen LogP contribution in [0.15, 0.2) is 18.2 Å². The summed E-state index contributed by atoms with van der Waals surface area (Å²) in [5, 5.41) is 12.4. The van der Waals surface area contributed by atoms with Gasteiger partial charge in [-0.1, -0.05) is 6.07 Å². The maximum absolute atomic E-state index is 9.46. The van der Waals surface area contributed by atoms with Crippen molar-refractivity contribution >= 4 is 5.69 Å². The van der Waals surface area contributed by atoms with Gasteiger partial charge in [0.1, 0.15) is 17.2 Å². The highest BCUT2D eigenvalue weighted by atomic mass is 16.5. The minimum absolute atomic E-state index is 0.105. The summed E-state index contributed by atoms with van der Waals surface area (Å²) >= 11 is 0. The van der Waals surface area contributed by atoms with Crippen LogP contribution in [0.25, 0.3) is 0 Å². The van der Waals surface area contributed by atoms with Gasteiger partial charge >= 0.3 is 0 Å². The highest BCUT2D eigenvalue weighted by Gasteiger charge is 2.07. The SMILES string of the molecule is CNc1c(O)cccc1OC(C)C. The van der Waals surface area contributed by atoms with E-state index in [9.17, 15) is 5.11 Å². The van der Waals surface area contributed by atoms with Crippen LogP contribution in [0.2, 0.25) is 0 Å². The maximum atomic E-state index is 9.46. The van der Waals surface area contributed by atoms with Gasteiger partial charge in [-0.05, 0) is 26.0 Å². The van der Waals surface area contributed by atoms with E-state index in [1.807, 2.05) is 19.9 Å². The van der Waals surface area contributed by atoms with Gasteiger partial charge in [-0.3, -0.25) is 0 Å². The summed E-state index contributed by atoms with van der Waals surface area (Å²) in [5.41, 5.74) is 0.635. The van der Waals surface area contributed by atoms with Crippen LogP contribution in [-0.2, 0) is 0 Å². The fraction of sp³-hybridized carbons (Fsp3) is 0.400. The summed E-state index contributed by atoms with van der Waals surface area (Å²) in [6, 6.07) is 5.21. The molecule has 1 aromatic carbocycles. The van der Waals surface area contributed by atoms with Gasteiger partial charge in [-0.2, -0.15) is 0 Å². The van der Waals surface area contributed by atoms with Crippen LogP contribution >= 0.6 is 0 Å². The number of phenolic OH excluding ortho intramolecular Hbond substituents is 1. The first-order chi connectivity index (χ1) is 6.15. The zero-order chi connectivity index (χ0) is 9.84. The molecule has 0 aliphatic carbocycles. The maximum Gasteiger partial charge on any atom is 0.146 e. The fourth-order valence-corrected chi connectivity index (χ4v) is 1.12. The zero-order valence-corrected chi connectivity index (χ0v) is 8.16. The normalized spacial score (nSPS) is 10.2. The average Bonchev–Trinajstić information content (AvgIpc) is 2.03. The average molecular weight is 181 g/mol. The van der Waals surface area contributed by atoms with Gasteiger partial charge in [0.2, 0.25) is 0 Å². The number of hydrogen-bond acceptors (Lipinski definition) is 3. The molecule has 72 valence electrons. The van der Waals surface area contributed by atoms with Crippen molar-refractivity contribution in [3.63, 3.8) is 0 Å². The van der Waals surface area contributed by atoms with Crippen LogP contribution < -0.4 is 10.1 Å². The molecule has 3 nitrogen and oxygen atoms in total. The molecule has 0 aliphatic rings. The molecule has 0 heterocycles. The predicted molar refractivity (Wildman–Crippen MR) is 53.4 cm³/mol. The Kier molecular flexibility index (Phi) is 3.01. The van der Waals surface area contributed by atoms with Gasteiger partial charge in [-0.15, -0.1) is 0 Å². The topological polar surface area (TPSA) is 41.5 Å². The van der Waals surface area contributed by atoms with Crippen molar-refractivity contribution in [1.29, 1.82) is 0 Å². The lowest BCUT2D eigenvalue weighted by Gasteiger charge is -2.14. The Morgan fingerprint density at radius 2 is 2.08 bits per heavy atom. The van der Waals surface area contributed by atoms with Crippen molar-refractivity contribution in [1.82, 2.24) is 0 Å². The summed E-state index contributed by atoms with van der Waals surface area (Å²) < 4.78 is 5.49. The molecule has 0 amide bonds. The Balaban J connectivity index is 2.98. The minimum Gasteiger partial charge on any atom is -0.506 e. The first-order valence-electron chi connectivity index (χ1n) is 4.31. The lowest BCUT2D eigenvalue weighted by molar-refractivity contribution is 0.243. The van der Waals surface area contributed by atoms with Crippen LogP contribution in [0.4, 0.5) is 5.69 Å². The van der Waals surface area contributed by atoms with Crippen molar-refractivity contribution < 1.29 is 9.84 Å². The predicted octanol–water partition coefficient (Wildman–Crippen LogP) is 2.22. The number of aromatic hydroxyl groups is 1. The standard InChI is InChI=1S/C10H15NO2/c1-7(2)13-9-6-4-5-8(12)10(9)11-3/h4-7,11-12H,1-3H3. The molecule has 0 fully saturated rings. The summed E-state index contributed by atoms with van der Waals surface area (Å²) in [6.07, 6.45) is 0.105. The molecule has 13 heavy (non-hydrogen) atoms. The first kappa shape index (κ1) is 9.71. The van der Waals surface area contributed by atoms with Crippen LogP contribution in [0.5, 0.6) is 11.5 Å². The van der Waals surface area contributed by atoms with E-state index < -0.39 is 0 Å². The molecule has 0 bridgehead atoms. The number of phenols is 1. The lowest BCUT2D eigenvalue weighted by Crippen LogP contribution is -2.07. The zero-order valence-electron chi connectivity index (χ0n) is 8.16. The summed E-state index contributed by atoms with van der Waals surface area (Å²) in [6.45, 7) is 3.90. The van der Waals surface area contributed by atoms with Crippen LogP contribution in [-0.4, -0.2) is 18.3 Å². The molecule has 0 spiro atoms. The Morgan fingerprint density at radius 3 is 2.62 bits per heavy atom. The molecule has 3 heteroatoms. The molecular formula is C10H15NO2. The summed E-state index contributed by atoms with van der Waals surface area (Å²) in [5.74, 6) is 0.887. The molecule has 0 aliphatic heterocycles. The second-order valence-electron chi connectivity index (χ2n) is 3.07. The quantitative estimate of drug-likeness (QED) is 0.702. The van der Waals surface area contributed by atoms with E-state index in [2.05, 4.69) is 5.32 Å². The Bertz CT molecular complexity index is 284. The van der Waals surface area contributed by atoms with Crippen molar-refractivity contribution in [2.24, 2.45) is 0 Å². The number of hydrogen-bond donors (Lipinski definition) is 2. The van der Waals surface area contributed by atoms with Crippen molar-refractivity contribution in [2.75, 3.05) is 12.4 Å². The summed E-state index contributed by atoms with van der Waals surface area (Å²) in [4.78, 5) is 0. The Labute approximate surface area is 78.3 Å². The first-order valence-corrected chi connectivity index (χ1v) is 4.31. The number of para-hydroxylation sites is 1. The second kappa shape index (κ2) is 4.03. The smallest absolute Gasteiger partial charge is 0.146 e. The molecule has 1 aromatic rings. The highest BCUT2D eigenvalue weighted by Crippen LogP contribution is 2.33. The second-order valence-corrected chi connectivity index (χ2v) is 3.07. The summed E-state index contributed by atoms with van der Waals surface area (Å²) in [7, 11) is 1.75. The molecule has 0 saturated carbocycles. The Morgan fingerprint density at radius 1 is 1.38 bits per heavy atom. The number of benzene rings is 1. The van der Waals surface area contributed by atoms with Crippen LogP contribution in [0.3, 0.4) is 0 Å². The van der Waals surface area contributed by atoms with Gasteiger partial charge in [0, 0.05) is 7.05 Å². The largest absolute Gasteiger partial charge is 0.506 e. The molecule has 1 rings (SSSR count). The lowest BCUT2D eigenvalue weighted by atomic mass is 10.2. The minimum atomic E-state index is 0.105. The highest BCUT2D eigenvalue weighted by molar-refractivity contribution is 5.65. The molecule has 0 saturated heterocycles. The number of anilines is 1. The van der Waals surface area contributed by atoms with Crippen molar-refractivity contribution in [2.45, 2.75) is 20.0 Å². The number of rotatable bonds is 3. The third-order valence-corrected chi connectivity index (χ3v) is 1.62. The molecular weight excluding hydrogens is 166 g/mol. The van der Waals surface area contributed by atoms with Crippen LogP contribution in [0.1, 0.15) is 13.8 Å². The van der Waals surface area contributed by atoms with E-state index >= 15 is 0 Å². The third-order valence-electron chi connectivity index (χ3n) is 1.62. The van der Waals surface area contributed by atoms with E-state index in [4.69, 9.17) is 4.74 Å². The molecule has 2 N–H and O–H groups in total. The van der Waals surface area contributed by atoms with Crippen molar-refractivity contribution in [3.05, 3.63) is 18.2 Å². The molecule has 0 atom stereocenters. The van der Waals surface area contributed by atoms with Gasteiger partial charge in [0.25, 0.3) is 0 Å². The number of nitrogens with one attached hydrogen (secondary N) is 1. The van der Waals surface area contributed by atoms with Crippen LogP contribution in [0, 0.1) is 0 Å². The molecule has 0 aromatic heterocycles. The fourth-order valence-electron chi connectivity index (χ4n) is 1.12. The van der Waals surface area contributed by atoms with Crippen molar-refractivity contribution in [3.8, 4) is 11.5 Å².